The van der Waals surface area contributed by atoms with Crippen molar-refractivity contribution in [2.45, 2.75) is 0 Å². The second kappa shape index (κ2) is 10.3. The van der Waals surface area contributed by atoms with E-state index in [2.05, 4.69) is 21.4 Å². The van der Waals surface area contributed by atoms with Gasteiger partial charge in [0.15, 0.2) is 5.96 Å². The summed E-state index contributed by atoms with van der Waals surface area (Å²) in [6.07, 6.45) is 2.90. The molecule has 0 radical (unpaired) electrons. The molecule has 0 saturated heterocycles. The molecule has 2 heterocycles. The van der Waals surface area contributed by atoms with Crippen molar-refractivity contribution in [3.8, 4) is 0 Å². The van der Waals surface area contributed by atoms with Crippen LogP contribution in [0.15, 0.2) is 48.8 Å². The Labute approximate surface area is 125 Å². The van der Waals surface area contributed by atoms with Gasteiger partial charge in [0.05, 0.1) is 0 Å². The van der Waals surface area contributed by atoms with Crippen molar-refractivity contribution in [3.05, 3.63) is 60.2 Å². The zero-order valence-corrected chi connectivity index (χ0v) is 11.4. The predicted octanol–water partition coefficient (Wildman–Crippen LogP) is 0.398. The van der Waals surface area contributed by atoms with E-state index in [0.29, 0.717) is 0 Å². The Hall–Kier alpha value is -3.49. The van der Waals surface area contributed by atoms with E-state index >= 15 is 0 Å². The third-order valence-corrected chi connectivity index (χ3v) is 1.77. The second-order valence-corrected chi connectivity index (χ2v) is 3.50. The molecule has 0 amide bonds. The zero-order chi connectivity index (χ0) is 17.0. The van der Waals surface area contributed by atoms with Crippen LogP contribution < -0.4 is 11.5 Å². The molecule has 2 rings (SSSR count). The fraction of sp³-hybridized carbons (Fsp3) is 0. The Morgan fingerprint density at radius 3 is 1.32 bits per heavy atom. The minimum absolute atomic E-state index is 0.0810. The number of carbonyl (C=O) groups is 2. The molecule has 0 unspecified atom stereocenters. The smallest absolute Gasteiger partial charge is 0.354 e. The summed E-state index contributed by atoms with van der Waals surface area (Å²) in [5.41, 5.74) is 9.11. The van der Waals surface area contributed by atoms with Crippen LogP contribution in [0, 0.1) is 5.41 Å². The first-order valence-electron chi connectivity index (χ1n) is 5.72. The van der Waals surface area contributed by atoms with Gasteiger partial charge in [0.2, 0.25) is 0 Å². The number of hydrogen-bond donors (Lipinski definition) is 5. The summed E-state index contributed by atoms with van der Waals surface area (Å²) in [6.45, 7) is 0. The normalized spacial score (nSPS) is 8.36. The molecule has 7 N–H and O–H groups in total. The van der Waals surface area contributed by atoms with Gasteiger partial charge < -0.3 is 21.7 Å². The number of pyridine rings is 2. The number of hydrogen-bond acceptors (Lipinski definition) is 5. The number of nitrogens with one attached hydrogen (secondary N) is 1. The molecular formula is C13H15N5O4. The molecule has 0 fully saturated rings. The number of carboxylic acids is 2. The lowest BCUT2D eigenvalue weighted by molar-refractivity contribution is 0.0680. The average Bonchev–Trinajstić information content (AvgIpc) is 2.49. The van der Waals surface area contributed by atoms with E-state index in [4.69, 9.17) is 15.6 Å². The van der Waals surface area contributed by atoms with E-state index in [-0.39, 0.29) is 17.3 Å². The monoisotopic (exact) mass is 305 g/mol. The van der Waals surface area contributed by atoms with Gasteiger partial charge >= 0.3 is 11.9 Å². The molecule has 0 aliphatic carbocycles. The number of rotatable bonds is 2. The molecule has 2 aromatic rings. The first-order valence-corrected chi connectivity index (χ1v) is 5.72. The first-order chi connectivity index (χ1) is 10.3. The van der Waals surface area contributed by atoms with Gasteiger partial charge in [-0.2, -0.15) is 0 Å². The highest BCUT2D eigenvalue weighted by molar-refractivity contribution is 5.85. The molecule has 2 aromatic heterocycles. The lowest BCUT2D eigenvalue weighted by atomic mass is 10.4. The van der Waals surface area contributed by atoms with Crippen LogP contribution in [0.1, 0.15) is 21.0 Å². The summed E-state index contributed by atoms with van der Waals surface area (Å²) in [7, 11) is 0. The molecule has 0 bridgehead atoms. The van der Waals surface area contributed by atoms with Crippen LogP contribution in [0.4, 0.5) is 0 Å². The highest BCUT2D eigenvalue weighted by Crippen LogP contribution is 1.91. The Kier molecular flexibility index (Phi) is 8.68. The Morgan fingerprint density at radius 1 is 0.864 bits per heavy atom. The molecule has 0 atom stereocenters. The summed E-state index contributed by atoms with van der Waals surface area (Å²) in [5.74, 6) is -2.31. The number of guanidine groups is 1. The first kappa shape index (κ1) is 18.5. The van der Waals surface area contributed by atoms with E-state index in [1.54, 1.807) is 24.3 Å². The van der Waals surface area contributed by atoms with Crippen molar-refractivity contribution in [1.82, 2.24) is 9.97 Å². The van der Waals surface area contributed by atoms with Gasteiger partial charge in [-0.1, -0.05) is 12.1 Å². The maximum absolute atomic E-state index is 10.1. The fourth-order valence-electron chi connectivity index (χ4n) is 0.979. The molecule has 0 saturated carbocycles. The van der Waals surface area contributed by atoms with Gasteiger partial charge in [-0.3, -0.25) is 5.41 Å². The summed E-state index contributed by atoms with van der Waals surface area (Å²) >= 11 is 0. The lowest BCUT2D eigenvalue weighted by Gasteiger charge is -1.87. The summed E-state index contributed by atoms with van der Waals surface area (Å²) < 4.78 is 0. The molecule has 0 aromatic carbocycles. The number of nitrogens with zero attached hydrogens (tertiary/aromatic N) is 2. The van der Waals surface area contributed by atoms with Gasteiger partial charge in [-0.05, 0) is 24.3 Å². The highest BCUT2D eigenvalue weighted by atomic mass is 16.4. The van der Waals surface area contributed by atoms with Crippen LogP contribution in [0.25, 0.3) is 0 Å². The van der Waals surface area contributed by atoms with Crippen molar-refractivity contribution < 1.29 is 19.8 Å². The maximum atomic E-state index is 10.1. The van der Waals surface area contributed by atoms with Crippen molar-refractivity contribution >= 4 is 17.9 Å². The van der Waals surface area contributed by atoms with E-state index in [1.807, 2.05) is 0 Å². The van der Waals surface area contributed by atoms with Crippen LogP contribution in [-0.2, 0) is 0 Å². The minimum Gasteiger partial charge on any atom is -0.477 e. The zero-order valence-electron chi connectivity index (χ0n) is 11.4. The minimum atomic E-state index is -0.990. The average molecular weight is 305 g/mol. The summed E-state index contributed by atoms with van der Waals surface area (Å²) in [4.78, 5) is 27.4. The van der Waals surface area contributed by atoms with Gasteiger partial charge in [-0.25, -0.2) is 19.6 Å². The van der Waals surface area contributed by atoms with Gasteiger partial charge in [-0.15, -0.1) is 0 Å². The molecule has 0 spiro atoms. The lowest BCUT2D eigenvalue weighted by Crippen LogP contribution is -2.20. The quantitative estimate of drug-likeness (QED) is 0.391. The van der Waals surface area contributed by atoms with Gasteiger partial charge in [0.1, 0.15) is 11.4 Å². The van der Waals surface area contributed by atoms with Crippen LogP contribution >= 0.6 is 0 Å². The van der Waals surface area contributed by atoms with Crippen molar-refractivity contribution in [1.29, 1.82) is 5.41 Å². The molecule has 0 aliphatic rings. The molecule has 0 aliphatic heterocycles. The molecule has 116 valence electrons. The predicted molar refractivity (Wildman–Crippen MR) is 78.5 cm³/mol. The molecule has 9 heteroatoms. The van der Waals surface area contributed by atoms with Crippen molar-refractivity contribution in [3.63, 3.8) is 0 Å². The Morgan fingerprint density at radius 2 is 1.18 bits per heavy atom. The third kappa shape index (κ3) is 9.44. The van der Waals surface area contributed by atoms with Crippen molar-refractivity contribution in [2.24, 2.45) is 11.5 Å². The number of carboxylic acid groups (broad SMARTS) is 2. The highest BCUT2D eigenvalue weighted by Gasteiger charge is 1.99. The Bertz CT molecular complexity index is 551. The number of aromatic carboxylic acids is 2. The third-order valence-electron chi connectivity index (χ3n) is 1.77. The van der Waals surface area contributed by atoms with Gasteiger partial charge in [0, 0.05) is 12.4 Å². The van der Waals surface area contributed by atoms with E-state index in [1.165, 1.54) is 24.5 Å². The topological polar surface area (TPSA) is 176 Å². The number of nitrogens with two attached hydrogens (primary N) is 2. The molecule has 22 heavy (non-hydrogen) atoms. The van der Waals surface area contributed by atoms with Gasteiger partial charge in [0.25, 0.3) is 0 Å². The standard InChI is InChI=1S/2C6H5NO2.CH5N3/c2*8-6(9)5-3-1-2-4-7-5;2-1(3)4/h2*1-4H,(H,8,9);(H5,2,3,4). The fourth-order valence-corrected chi connectivity index (χ4v) is 0.979. The molecule has 9 nitrogen and oxygen atoms in total. The van der Waals surface area contributed by atoms with E-state index in [9.17, 15) is 9.59 Å². The summed E-state index contributed by atoms with van der Waals surface area (Å²) in [6, 6.07) is 9.51. The van der Waals surface area contributed by atoms with E-state index < -0.39 is 11.9 Å². The Balaban J connectivity index is 0.000000326. The van der Waals surface area contributed by atoms with Crippen LogP contribution in [0.3, 0.4) is 0 Å². The largest absolute Gasteiger partial charge is 0.477 e. The maximum Gasteiger partial charge on any atom is 0.354 e. The second-order valence-electron chi connectivity index (χ2n) is 3.50. The van der Waals surface area contributed by atoms with Crippen LogP contribution in [-0.4, -0.2) is 38.1 Å². The van der Waals surface area contributed by atoms with Crippen LogP contribution in [0.5, 0.6) is 0 Å². The van der Waals surface area contributed by atoms with E-state index in [0.717, 1.165) is 0 Å². The number of aromatic nitrogens is 2. The van der Waals surface area contributed by atoms with Crippen molar-refractivity contribution in [2.75, 3.05) is 0 Å². The summed E-state index contributed by atoms with van der Waals surface area (Å²) in [5, 5.41) is 22.7. The molecular weight excluding hydrogens is 290 g/mol. The van der Waals surface area contributed by atoms with Crippen LogP contribution in [0.2, 0.25) is 0 Å². The SMILES string of the molecule is N=C(N)N.O=C(O)c1ccccn1.O=C(O)c1ccccn1.